The third-order valence-corrected chi connectivity index (χ3v) is 4.02. The number of rotatable bonds is 4. The highest BCUT2D eigenvalue weighted by atomic mass is 16.6. The van der Waals surface area contributed by atoms with Gasteiger partial charge in [0, 0.05) is 11.8 Å². The molecule has 1 aromatic carbocycles. The monoisotopic (exact) mass is 375 g/mol. The van der Waals surface area contributed by atoms with Crippen LogP contribution >= 0.6 is 0 Å². The maximum atomic E-state index is 12.7. The smallest absolute Gasteiger partial charge is 0.419 e. The predicted octanol–water partition coefficient (Wildman–Crippen LogP) is 3.77. The van der Waals surface area contributed by atoms with E-state index in [4.69, 9.17) is 18.9 Å². The zero-order valence-corrected chi connectivity index (χ0v) is 16.1. The second-order valence-corrected chi connectivity index (χ2v) is 7.39. The minimum absolute atomic E-state index is 0.0138. The molecule has 1 saturated heterocycles. The van der Waals surface area contributed by atoms with Crippen LogP contribution in [0.15, 0.2) is 24.3 Å². The predicted molar refractivity (Wildman–Crippen MR) is 99.4 cm³/mol. The van der Waals surface area contributed by atoms with Gasteiger partial charge in [-0.1, -0.05) is 0 Å². The Morgan fingerprint density at radius 3 is 2.67 bits per heavy atom. The van der Waals surface area contributed by atoms with Crippen molar-refractivity contribution >= 4 is 23.0 Å². The molecule has 0 unspecified atom stereocenters. The van der Waals surface area contributed by atoms with Gasteiger partial charge in [0.15, 0.2) is 0 Å². The molecule has 27 heavy (non-hydrogen) atoms. The Kier molecular flexibility index (Phi) is 5.41. The molecule has 1 fully saturated rings. The molecule has 0 spiro atoms. The number of nitrogens with zero attached hydrogens (tertiary/aromatic N) is 1. The number of hydrogen-bond donors (Lipinski definition) is 0. The van der Waals surface area contributed by atoms with Crippen LogP contribution in [0, 0.1) is 0 Å². The number of esters is 1. The van der Waals surface area contributed by atoms with Crippen LogP contribution in [0.25, 0.3) is 10.9 Å². The summed E-state index contributed by atoms with van der Waals surface area (Å²) >= 11 is 0. The Bertz CT molecular complexity index is 842. The first kappa shape index (κ1) is 19.2. The Balaban J connectivity index is 2.00. The van der Waals surface area contributed by atoms with E-state index in [9.17, 15) is 9.59 Å². The van der Waals surface area contributed by atoms with Crippen molar-refractivity contribution in [3.8, 4) is 5.75 Å². The lowest BCUT2D eigenvalue weighted by Gasteiger charge is -2.20. The molecule has 0 saturated carbocycles. The lowest BCUT2D eigenvalue weighted by Crippen LogP contribution is -2.29. The molecule has 3 rings (SSSR count). The highest BCUT2D eigenvalue weighted by Gasteiger charge is 2.26. The van der Waals surface area contributed by atoms with Gasteiger partial charge < -0.3 is 18.9 Å². The molecular weight excluding hydrogens is 350 g/mol. The van der Waals surface area contributed by atoms with Gasteiger partial charge in [0.25, 0.3) is 0 Å². The minimum Gasteiger partial charge on any atom is -0.488 e. The number of fused-ring (bicyclic) bond motifs is 1. The summed E-state index contributed by atoms with van der Waals surface area (Å²) in [6, 6.07) is 6.94. The first-order chi connectivity index (χ1) is 12.8. The number of benzene rings is 1. The SMILES string of the molecule is CCOC(=O)c1cc2cc(O[C@H]3CCOC3)ccc2n1C(=O)OC(C)(C)C. The van der Waals surface area contributed by atoms with E-state index in [2.05, 4.69) is 0 Å². The van der Waals surface area contributed by atoms with Gasteiger partial charge in [-0.05, 0) is 52.0 Å². The summed E-state index contributed by atoms with van der Waals surface area (Å²) in [5.74, 6) is 0.0842. The van der Waals surface area contributed by atoms with Crippen LogP contribution in [-0.2, 0) is 14.2 Å². The maximum Gasteiger partial charge on any atom is 0.419 e. The number of carbonyl (C=O) groups excluding carboxylic acids is 2. The summed E-state index contributed by atoms with van der Waals surface area (Å²) in [7, 11) is 0. The third kappa shape index (κ3) is 4.42. The van der Waals surface area contributed by atoms with Gasteiger partial charge in [-0.3, -0.25) is 0 Å². The Labute approximate surface area is 158 Å². The molecule has 1 aromatic heterocycles. The average Bonchev–Trinajstić information content (AvgIpc) is 3.20. The number of hydrogen-bond acceptors (Lipinski definition) is 6. The lowest BCUT2D eigenvalue weighted by molar-refractivity contribution is 0.0454. The highest BCUT2D eigenvalue weighted by molar-refractivity contribution is 6.01. The molecular formula is C20H25NO6. The van der Waals surface area contributed by atoms with Crippen LogP contribution < -0.4 is 4.74 Å². The molecule has 7 heteroatoms. The van der Waals surface area contributed by atoms with Gasteiger partial charge in [0.1, 0.15) is 23.1 Å². The van der Waals surface area contributed by atoms with Gasteiger partial charge in [-0.25, -0.2) is 14.2 Å². The summed E-state index contributed by atoms with van der Waals surface area (Å²) < 4.78 is 23.1. The molecule has 0 amide bonds. The fourth-order valence-corrected chi connectivity index (χ4v) is 2.92. The highest BCUT2D eigenvalue weighted by Crippen LogP contribution is 2.28. The third-order valence-electron chi connectivity index (χ3n) is 4.02. The van der Waals surface area contributed by atoms with Crippen molar-refractivity contribution in [3.63, 3.8) is 0 Å². The summed E-state index contributed by atoms with van der Waals surface area (Å²) in [6.07, 6.45) is 0.226. The molecule has 1 atom stereocenters. The summed E-state index contributed by atoms with van der Waals surface area (Å²) in [6.45, 7) is 8.50. The Morgan fingerprint density at radius 2 is 2.04 bits per heavy atom. The quantitative estimate of drug-likeness (QED) is 0.757. The standard InChI is InChI=1S/C20H25NO6/c1-5-25-18(22)17-11-13-10-14(26-15-8-9-24-12-15)6-7-16(13)21(17)19(23)27-20(2,3)4/h6-7,10-11,15H,5,8-9,12H2,1-4H3/t15-/m0/s1. The van der Waals surface area contributed by atoms with E-state index in [0.717, 1.165) is 6.42 Å². The fraction of sp³-hybridized carbons (Fsp3) is 0.500. The van der Waals surface area contributed by atoms with E-state index in [-0.39, 0.29) is 18.4 Å². The first-order valence-corrected chi connectivity index (χ1v) is 9.09. The number of aromatic nitrogens is 1. The summed E-state index contributed by atoms with van der Waals surface area (Å²) in [5.41, 5.74) is -0.00438. The van der Waals surface area contributed by atoms with Crippen molar-refractivity contribution in [2.75, 3.05) is 19.8 Å². The Hall–Kier alpha value is -2.54. The fourth-order valence-electron chi connectivity index (χ4n) is 2.92. The van der Waals surface area contributed by atoms with Crippen LogP contribution in [0.5, 0.6) is 5.75 Å². The van der Waals surface area contributed by atoms with E-state index in [1.807, 2.05) is 0 Å². The summed E-state index contributed by atoms with van der Waals surface area (Å²) in [4.78, 5) is 25.1. The Morgan fingerprint density at radius 1 is 1.26 bits per heavy atom. The van der Waals surface area contributed by atoms with Crippen molar-refractivity contribution in [1.29, 1.82) is 0 Å². The first-order valence-electron chi connectivity index (χ1n) is 9.09. The second kappa shape index (κ2) is 7.60. The largest absolute Gasteiger partial charge is 0.488 e. The van der Waals surface area contributed by atoms with Crippen LogP contribution in [0.1, 0.15) is 44.6 Å². The van der Waals surface area contributed by atoms with E-state index < -0.39 is 17.7 Å². The number of ether oxygens (including phenoxy) is 4. The van der Waals surface area contributed by atoms with E-state index in [1.54, 1.807) is 52.0 Å². The molecule has 0 aliphatic carbocycles. The van der Waals surface area contributed by atoms with Crippen molar-refractivity contribution in [1.82, 2.24) is 4.57 Å². The maximum absolute atomic E-state index is 12.7. The van der Waals surface area contributed by atoms with Gasteiger partial charge in [0.2, 0.25) is 0 Å². The van der Waals surface area contributed by atoms with E-state index in [1.165, 1.54) is 4.57 Å². The minimum atomic E-state index is -0.689. The molecule has 1 aliphatic rings. The van der Waals surface area contributed by atoms with Crippen molar-refractivity contribution in [3.05, 3.63) is 30.0 Å². The van der Waals surface area contributed by atoms with Gasteiger partial charge in [0.05, 0.1) is 25.3 Å². The normalized spacial score (nSPS) is 17.1. The van der Waals surface area contributed by atoms with Crippen molar-refractivity contribution in [2.24, 2.45) is 0 Å². The topological polar surface area (TPSA) is 76.0 Å². The van der Waals surface area contributed by atoms with Crippen LogP contribution in [-0.4, -0.2) is 48.2 Å². The molecule has 0 N–H and O–H groups in total. The number of carbonyl (C=O) groups is 2. The van der Waals surface area contributed by atoms with E-state index in [0.29, 0.717) is 29.9 Å². The summed E-state index contributed by atoms with van der Waals surface area (Å²) in [5, 5.41) is 0.695. The van der Waals surface area contributed by atoms with Crippen LogP contribution in [0.3, 0.4) is 0 Å². The zero-order valence-electron chi connectivity index (χ0n) is 16.1. The molecule has 7 nitrogen and oxygen atoms in total. The molecule has 0 bridgehead atoms. The average molecular weight is 375 g/mol. The van der Waals surface area contributed by atoms with Gasteiger partial charge in [-0.15, -0.1) is 0 Å². The second-order valence-electron chi connectivity index (χ2n) is 7.39. The molecule has 1 aliphatic heterocycles. The van der Waals surface area contributed by atoms with E-state index >= 15 is 0 Å². The van der Waals surface area contributed by atoms with Crippen LogP contribution in [0.4, 0.5) is 4.79 Å². The molecule has 0 radical (unpaired) electrons. The zero-order chi connectivity index (χ0) is 19.6. The van der Waals surface area contributed by atoms with Crippen molar-refractivity contribution in [2.45, 2.75) is 45.8 Å². The lowest BCUT2D eigenvalue weighted by atomic mass is 10.2. The van der Waals surface area contributed by atoms with Gasteiger partial charge in [-0.2, -0.15) is 0 Å². The molecule has 2 heterocycles. The molecule has 146 valence electrons. The molecule has 2 aromatic rings. The van der Waals surface area contributed by atoms with Crippen molar-refractivity contribution < 1.29 is 28.5 Å². The van der Waals surface area contributed by atoms with Gasteiger partial charge >= 0.3 is 12.1 Å². The van der Waals surface area contributed by atoms with Crippen LogP contribution in [0.2, 0.25) is 0 Å².